The van der Waals surface area contributed by atoms with Gasteiger partial charge in [-0.05, 0) is 45.7 Å². The van der Waals surface area contributed by atoms with Gasteiger partial charge in [-0.2, -0.15) is 0 Å². The maximum Gasteiger partial charge on any atom is 0.227 e. The quantitative estimate of drug-likeness (QED) is 0.827. The zero-order valence-electron chi connectivity index (χ0n) is 11.8. The number of rotatable bonds is 4. The van der Waals surface area contributed by atoms with Gasteiger partial charge in [0.25, 0.3) is 0 Å². The van der Waals surface area contributed by atoms with Crippen LogP contribution in [0.3, 0.4) is 0 Å². The molecule has 0 aromatic heterocycles. The molecule has 100 valence electrons. The topological polar surface area (TPSA) is 29.1 Å². The SMILES string of the molecule is Cc1ccc(C(C)NC(=O)C(C)(C)CCl)c(C)c1. The second-order valence-electron chi connectivity index (χ2n) is 5.57. The third-order valence-electron chi connectivity index (χ3n) is 3.19. The number of aryl methyl sites for hydroxylation is 2. The number of halogens is 1. The third kappa shape index (κ3) is 3.49. The first-order valence-electron chi connectivity index (χ1n) is 6.22. The van der Waals surface area contributed by atoms with Gasteiger partial charge in [0.05, 0.1) is 11.5 Å². The molecule has 0 fully saturated rings. The molecule has 1 unspecified atom stereocenters. The summed E-state index contributed by atoms with van der Waals surface area (Å²) in [6.07, 6.45) is 0. The summed E-state index contributed by atoms with van der Waals surface area (Å²) in [5.41, 5.74) is 3.05. The van der Waals surface area contributed by atoms with Crippen LogP contribution in [0.5, 0.6) is 0 Å². The zero-order chi connectivity index (χ0) is 13.9. The summed E-state index contributed by atoms with van der Waals surface area (Å²) in [7, 11) is 0. The van der Waals surface area contributed by atoms with Crippen LogP contribution in [-0.4, -0.2) is 11.8 Å². The molecule has 1 atom stereocenters. The Morgan fingerprint density at radius 3 is 2.50 bits per heavy atom. The number of benzene rings is 1. The molecule has 0 spiro atoms. The number of nitrogens with one attached hydrogen (secondary N) is 1. The lowest BCUT2D eigenvalue weighted by Gasteiger charge is -2.24. The molecule has 2 nitrogen and oxygen atoms in total. The fourth-order valence-corrected chi connectivity index (χ4v) is 1.96. The normalized spacial score (nSPS) is 13.2. The van der Waals surface area contributed by atoms with Crippen molar-refractivity contribution >= 4 is 17.5 Å². The Morgan fingerprint density at radius 2 is 2.00 bits per heavy atom. The minimum atomic E-state index is -0.533. The highest BCUT2D eigenvalue weighted by Gasteiger charge is 2.27. The first-order chi connectivity index (χ1) is 8.27. The molecule has 3 heteroatoms. The molecular formula is C15H22ClNO. The van der Waals surface area contributed by atoms with Gasteiger partial charge in [0.15, 0.2) is 0 Å². The molecule has 1 aromatic rings. The van der Waals surface area contributed by atoms with E-state index in [1.807, 2.05) is 20.8 Å². The van der Waals surface area contributed by atoms with Crippen LogP contribution in [0.25, 0.3) is 0 Å². The maximum absolute atomic E-state index is 12.1. The second kappa shape index (κ2) is 5.75. The van der Waals surface area contributed by atoms with Gasteiger partial charge < -0.3 is 5.32 Å². The molecule has 0 aliphatic rings. The van der Waals surface area contributed by atoms with Gasteiger partial charge in [0.2, 0.25) is 5.91 Å². The molecular weight excluding hydrogens is 246 g/mol. The number of carbonyl (C=O) groups excluding carboxylic acids is 1. The highest BCUT2D eigenvalue weighted by atomic mass is 35.5. The Kier molecular flexibility index (Phi) is 4.80. The average Bonchev–Trinajstić information content (AvgIpc) is 2.28. The van der Waals surface area contributed by atoms with Gasteiger partial charge in [-0.3, -0.25) is 4.79 Å². The summed E-state index contributed by atoms with van der Waals surface area (Å²) in [5, 5.41) is 3.02. The van der Waals surface area contributed by atoms with Crippen molar-refractivity contribution in [2.75, 3.05) is 5.88 Å². The molecule has 0 aliphatic heterocycles. The van der Waals surface area contributed by atoms with Gasteiger partial charge >= 0.3 is 0 Å². The van der Waals surface area contributed by atoms with Crippen LogP contribution in [0.4, 0.5) is 0 Å². The molecule has 0 saturated heterocycles. The number of hydrogen-bond donors (Lipinski definition) is 1. The molecule has 0 radical (unpaired) electrons. The fraction of sp³-hybridized carbons (Fsp3) is 0.533. The van der Waals surface area contributed by atoms with Crippen LogP contribution in [0, 0.1) is 19.3 Å². The maximum atomic E-state index is 12.1. The zero-order valence-corrected chi connectivity index (χ0v) is 12.6. The monoisotopic (exact) mass is 267 g/mol. The molecule has 1 aromatic carbocycles. The highest BCUT2D eigenvalue weighted by molar-refractivity contribution is 6.19. The summed E-state index contributed by atoms with van der Waals surface area (Å²) >= 11 is 5.81. The molecule has 18 heavy (non-hydrogen) atoms. The average molecular weight is 268 g/mol. The lowest BCUT2D eigenvalue weighted by molar-refractivity contribution is -0.129. The van der Waals surface area contributed by atoms with Gasteiger partial charge in [-0.25, -0.2) is 0 Å². The van der Waals surface area contributed by atoms with E-state index in [1.165, 1.54) is 11.1 Å². The van der Waals surface area contributed by atoms with Crippen LogP contribution >= 0.6 is 11.6 Å². The lowest BCUT2D eigenvalue weighted by atomic mass is 9.93. The van der Waals surface area contributed by atoms with E-state index < -0.39 is 5.41 Å². The molecule has 0 heterocycles. The van der Waals surface area contributed by atoms with E-state index in [0.29, 0.717) is 5.88 Å². The summed E-state index contributed by atoms with van der Waals surface area (Å²) in [5.74, 6) is 0.309. The smallest absolute Gasteiger partial charge is 0.227 e. The van der Waals surface area contributed by atoms with Crippen LogP contribution < -0.4 is 5.32 Å². The summed E-state index contributed by atoms with van der Waals surface area (Å²) in [6, 6.07) is 6.27. The summed E-state index contributed by atoms with van der Waals surface area (Å²) < 4.78 is 0. The van der Waals surface area contributed by atoms with Gasteiger partial charge in [-0.15, -0.1) is 11.6 Å². The number of amides is 1. The van der Waals surface area contributed by atoms with Gasteiger partial charge in [0.1, 0.15) is 0 Å². The van der Waals surface area contributed by atoms with E-state index >= 15 is 0 Å². The molecule has 1 rings (SSSR count). The number of hydrogen-bond acceptors (Lipinski definition) is 1. The van der Waals surface area contributed by atoms with Crippen LogP contribution in [0.15, 0.2) is 18.2 Å². The molecule has 0 bridgehead atoms. The standard InChI is InChI=1S/C15H22ClNO/c1-10-6-7-13(11(2)8-10)12(3)17-14(18)15(4,5)9-16/h6-8,12H,9H2,1-5H3,(H,17,18). The van der Waals surface area contributed by atoms with E-state index in [2.05, 4.69) is 37.4 Å². The first-order valence-corrected chi connectivity index (χ1v) is 6.75. The van der Waals surface area contributed by atoms with E-state index in [-0.39, 0.29) is 11.9 Å². The van der Waals surface area contributed by atoms with Crippen molar-refractivity contribution in [1.82, 2.24) is 5.32 Å². The van der Waals surface area contributed by atoms with Crippen LogP contribution in [-0.2, 0) is 4.79 Å². The predicted molar refractivity (Wildman–Crippen MR) is 77.0 cm³/mol. The van der Waals surface area contributed by atoms with Crippen molar-refractivity contribution in [3.63, 3.8) is 0 Å². The van der Waals surface area contributed by atoms with Crippen molar-refractivity contribution in [2.45, 2.75) is 40.7 Å². The predicted octanol–water partition coefficient (Wildman–Crippen LogP) is 3.75. The van der Waals surface area contributed by atoms with E-state index in [1.54, 1.807) is 0 Å². The molecule has 1 amide bonds. The van der Waals surface area contributed by atoms with Crippen molar-refractivity contribution in [1.29, 1.82) is 0 Å². The molecule has 0 saturated carbocycles. The number of alkyl halides is 1. The Morgan fingerprint density at radius 1 is 1.39 bits per heavy atom. The van der Waals surface area contributed by atoms with E-state index in [0.717, 1.165) is 5.56 Å². The van der Waals surface area contributed by atoms with Gasteiger partial charge in [-0.1, -0.05) is 23.8 Å². The van der Waals surface area contributed by atoms with E-state index in [9.17, 15) is 4.79 Å². The van der Waals surface area contributed by atoms with E-state index in [4.69, 9.17) is 11.6 Å². The Bertz CT molecular complexity index is 440. The number of carbonyl (C=O) groups is 1. The Balaban J connectivity index is 2.83. The summed E-state index contributed by atoms with van der Waals surface area (Å²) in [4.78, 5) is 12.1. The largest absolute Gasteiger partial charge is 0.349 e. The van der Waals surface area contributed by atoms with Crippen molar-refractivity contribution in [3.05, 3.63) is 34.9 Å². The molecule has 1 N–H and O–H groups in total. The Labute approximate surface area is 115 Å². The fourth-order valence-electron chi connectivity index (χ4n) is 1.84. The van der Waals surface area contributed by atoms with Crippen LogP contribution in [0.1, 0.15) is 43.5 Å². The first kappa shape index (κ1) is 15.0. The van der Waals surface area contributed by atoms with Crippen molar-refractivity contribution in [2.24, 2.45) is 5.41 Å². The van der Waals surface area contributed by atoms with Crippen molar-refractivity contribution < 1.29 is 4.79 Å². The molecule has 0 aliphatic carbocycles. The minimum absolute atomic E-state index is 0.000548. The van der Waals surface area contributed by atoms with Crippen molar-refractivity contribution in [3.8, 4) is 0 Å². The summed E-state index contributed by atoms with van der Waals surface area (Å²) in [6.45, 7) is 9.84. The van der Waals surface area contributed by atoms with Crippen LogP contribution in [0.2, 0.25) is 0 Å². The highest BCUT2D eigenvalue weighted by Crippen LogP contribution is 2.22. The second-order valence-corrected chi connectivity index (χ2v) is 5.84. The third-order valence-corrected chi connectivity index (χ3v) is 3.86. The lowest BCUT2D eigenvalue weighted by Crippen LogP contribution is -2.39. The Hall–Kier alpha value is -1.02. The minimum Gasteiger partial charge on any atom is -0.349 e. The van der Waals surface area contributed by atoms with Gasteiger partial charge in [0, 0.05) is 5.88 Å².